The number of hydrogen-bond donors (Lipinski definition) is 1. The Hall–Kier alpha value is -2.09. The van der Waals surface area contributed by atoms with E-state index in [-0.39, 0.29) is 5.91 Å². The second-order valence-electron chi connectivity index (χ2n) is 6.79. The molecule has 2 nitrogen and oxygen atoms in total. The molecule has 120 valence electrons. The second kappa shape index (κ2) is 6.99. The van der Waals surface area contributed by atoms with Crippen molar-refractivity contribution < 1.29 is 4.79 Å². The number of benzene rings is 2. The molecule has 0 aliphatic heterocycles. The SMILES string of the molecule is C[C@@H]1[C@@H](C)CCC[C@H]1NC(=O)c1ccc(-c2ccccc2)cc1. The summed E-state index contributed by atoms with van der Waals surface area (Å²) < 4.78 is 0. The highest BCUT2D eigenvalue weighted by atomic mass is 16.1. The van der Waals surface area contributed by atoms with Crippen LogP contribution in [0.4, 0.5) is 0 Å². The molecule has 1 N–H and O–H groups in total. The summed E-state index contributed by atoms with van der Waals surface area (Å²) in [6.07, 6.45) is 3.59. The van der Waals surface area contributed by atoms with Crippen LogP contribution in [0.2, 0.25) is 0 Å². The van der Waals surface area contributed by atoms with E-state index in [0.29, 0.717) is 17.9 Å². The van der Waals surface area contributed by atoms with E-state index in [4.69, 9.17) is 0 Å². The molecule has 2 aromatic carbocycles. The van der Waals surface area contributed by atoms with E-state index in [1.165, 1.54) is 18.4 Å². The van der Waals surface area contributed by atoms with Crippen LogP contribution in [0.3, 0.4) is 0 Å². The summed E-state index contributed by atoms with van der Waals surface area (Å²) >= 11 is 0. The topological polar surface area (TPSA) is 29.1 Å². The van der Waals surface area contributed by atoms with E-state index in [2.05, 4.69) is 31.3 Å². The third kappa shape index (κ3) is 3.64. The molecule has 0 radical (unpaired) electrons. The first-order valence-electron chi connectivity index (χ1n) is 8.61. The number of amides is 1. The fourth-order valence-electron chi connectivity index (χ4n) is 3.48. The Bertz CT molecular complexity index is 647. The predicted octanol–water partition coefficient (Wildman–Crippen LogP) is 4.91. The molecule has 3 atom stereocenters. The molecule has 23 heavy (non-hydrogen) atoms. The number of hydrogen-bond acceptors (Lipinski definition) is 1. The second-order valence-corrected chi connectivity index (χ2v) is 6.79. The molecular formula is C21H25NO. The van der Waals surface area contributed by atoms with E-state index in [1.807, 2.05) is 42.5 Å². The van der Waals surface area contributed by atoms with Crippen LogP contribution in [0, 0.1) is 11.8 Å². The van der Waals surface area contributed by atoms with Crippen molar-refractivity contribution in [1.82, 2.24) is 5.32 Å². The van der Waals surface area contributed by atoms with Crippen LogP contribution < -0.4 is 5.32 Å². The normalized spacial score (nSPS) is 24.2. The number of carbonyl (C=O) groups excluding carboxylic acids is 1. The lowest BCUT2D eigenvalue weighted by Gasteiger charge is -2.34. The van der Waals surface area contributed by atoms with Crippen LogP contribution in [0.5, 0.6) is 0 Å². The Balaban J connectivity index is 1.68. The summed E-state index contributed by atoms with van der Waals surface area (Å²) in [5.41, 5.74) is 3.06. The lowest BCUT2D eigenvalue weighted by molar-refractivity contribution is 0.0891. The Labute approximate surface area is 138 Å². The maximum Gasteiger partial charge on any atom is 0.251 e. The zero-order chi connectivity index (χ0) is 16.2. The highest BCUT2D eigenvalue weighted by molar-refractivity contribution is 5.94. The minimum Gasteiger partial charge on any atom is -0.349 e. The molecule has 0 heterocycles. The fourth-order valence-corrected chi connectivity index (χ4v) is 3.48. The fraction of sp³-hybridized carbons (Fsp3) is 0.381. The summed E-state index contributed by atoms with van der Waals surface area (Å²) in [5, 5.41) is 3.24. The Kier molecular flexibility index (Phi) is 4.80. The van der Waals surface area contributed by atoms with Gasteiger partial charge in [0, 0.05) is 11.6 Å². The van der Waals surface area contributed by atoms with Crippen LogP contribution >= 0.6 is 0 Å². The zero-order valence-electron chi connectivity index (χ0n) is 14.0. The first kappa shape index (κ1) is 15.8. The van der Waals surface area contributed by atoms with Crippen LogP contribution in [0.15, 0.2) is 54.6 Å². The third-order valence-electron chi connectivity index (χ3n) is 5.28. The Morgan fingerprint density at radius 2 is 1.57 bits per heavy atom. The first-order valence-corrected chi connectivity index (χ1v) is 8.61. The van der Waals surface area contributed by atoms with Gasteiger partial charge in [-0.25, -0.2) is 0 Å². The molecule has 1 amide bonds. The summed E-state index contributed by atoms with van der Waals surface area (Å²) in [5.74, 6) is 1.29. The molecule has 0 aromatic heterocycles. The van der Waals surface area contributed by atoms with Gasteiger partial charge in [-0.1, -0.05) is 69.2 Å². The van der Waals surface area contributed by atoms with Gasteiger partial charge in [0.1, 0.15) is 0 Å². The van der Waals surface area contributed by atoms with Crippen LogP contribution in [0.1, 0.15) is 43.5 Å². The zero-order valence-corrected chi connectivity index (χ0v) is 14.0. The van der Waals surface area contributed by atoms with Gasteiger partial charge in [0.2, 0.25) is 0 Å². The summed E-state index contributed by atoms with van der Waals surface area (Å²) in [6.45, 7) is 4.55. The van der Waals surface area contributed by atoms with Gasteiger partial charge in [-0.15, -0.1) is 0 Å². The van der Waals surface area contributed by atoms with Crippen molar-refractivity contribution in [3.63, 3.8) is 0 Å². The molecule has 2 aromatic rings. The molecule has 2 heteroatoms. The molecule has 1 aliphatic carbocycles. The molecule has 0 spiro atoms. The van der Waals surface area contributed by atoms with E-state index in [9.17, 15) is 4.79 Å². The van der Waals surface area contributed by atoms with Crippen LogP contribution in [0.25, 0.3) is 11.1 Å². The summed E-state index contributed by atoms with van der Waals surface area (Å²) in [7, 11) is 0. The minimum atomic E-state index is 0.0514. The van der Waals surface area contributed by atoms with Crippen molar-refractivity contribution in [2.45, 2.75) is 39.2 Å². The van der Waals surface area contributed by atoms with E-state index in [0.717, 1.165) is 17.5 Å². The minimum absolute atomic E-state index is 0.0514. The number of nitrogens with one attached hydrogen (secondary N) is 1. The summed E-state index contributed by atoms with van der Waals surface area (Å²) in [4.78, 5) is 12.5. The van der Waals surface area contributed by atoms with Crippen molar-refractivity contribution in [2.24, 2.45) is 11.8 Å². The molecule has 1 fully saturated rings. The highest BCUT2D eigenvalue weighted by Crippen LogP contribution is 2.29. The summed E-state index contributed by atoms with van der Waals surface area (Å²) in [6, 6.07) is 18.4. The molecule has 0 saturated heterocycles. The molecule has 0 unspecified atom stereocenters. The van der Waals surface area contributed by atoms with E-state index < -0.39 is 0 Å². The molecular weight excluding hydrogens is 282 g/mol. The van der Waals surface area contributed by atoms with Crippen molar-refractivity contribution in [3.8, 4) is 11.1 Å². The molecule has 0 bridgehead atoms. The standard InChI is InChI=1S/C21H25NO/c1-15-7-6-10-20(16(15)2)22-21(23)19-13-11-18(12-14-19)17-8-4-3-5-9-17/h3-5,8-9,11-16,20H,6-7,10H2,1-2H3,(H,22,23)/t15-,16+,20+/m0/s1. The third-order valence-corrected chi connectivity index (χ3v) is 5.28. The van der Waals surface area contributed by atoms with Gasteiger partial charge in [-0.05, 0) is 41.5 Å². The van der Waals surface area contributed by atoms with Gasteiger partial charge in [-0.2, -0.15) is 0 Å². The predicted molar refractivity (Wildman–Crippen MR) is 95.3 cm³/mol. The van der Waals surface area contributed by atoms with Gasteiger partial charge >= 0.3 is 0 Å². The van der Waals surface area contributed by atoms with E-state index in [1.54, 1.807) is 0 Å². The van der Waals surface area contributed by atoms with Gasteiger partial charge in [-0.3, -0.25) is 4.79 Å². The van der Waals surface area contributed by atoms with Gasteiger partial charge in [0.25, 0.3) is 5.91 Å². The van der Waals surface area contributed by atoms with Gasteiger partial charge < -0.3 is 5.32 Å². The lowest BCUT2D eigenvalue weighted by Crippen LogP contribution is -2.43. The number of carbonyl (C=O) groups is 1. The molecule has 1 aliphatic rings. The molecule has 3 rings (SSSR count). The maximum absolute atomic E-state index is 12.5. The number of rotatable bonds is 3. The van der Waals surface area contributed by atoms with Gasteiger partial charge in [0.05, 0.1) is 0 Å². The van der Waals surface area contributed by atoms with Crippen molar-refractivity contribution >= 4 is 5.91 Å². The smallest absolute Gasteiger partial charge is 0.251 e. The highest BCUT2D eigenvalue weighted by Gasteiger charge is 2.28. The molecule has 1 saturated carbocycles. The Morgan fingerprint density at radius 1 is 0.913 bits per heavy atom. The van der Waals surface area contributed by atoms with Gasteiger partial charge in [0.15, 0.2) is 0 Å². The maximum atomic E-state index is 12.5. The van der Waals surface area contributed by atoms with E-state index >= 15 is 0 Å². The quantitative estimate of drug-likeness (QED) is 0.858. The van der Waals surface area contributed by atoms with Crippen molar-refractivity contribution in [1.29, 1.82) is 0 Å². The first-order chi connectivity index (χ1) is 11.1. The lowest BCUT2D eigenvalue weighted by atomic mass is 9.78. The monoisotopic (exact) mass is 307 g/mol. The average Bonchev–Trinajstić information content (AvgIpc) is 2.60. The van der Waals surface area contributed by atoms with Crippen molar-refractivity contribution in [3.05, 3.63) is 60.2 Å². The average molecular weight is 307 g/mol. The Morgan fingerprint density at radius 3 is 2.26 bits per heavy atom. The van der Waals surface area contributed by atoms with Crippen molar-refractivity contribution in [2.75, 3.05) is 0 Å². The largest absolute Gasteiger partial charge is 0.349 e. The van der Waals surface area contributed by atoms with Crippen LogP contribution in [-0.2, 0) is 0 Å². The van der Waals surface area contributed by atoms with Crippen LogP contribution in [-0.4, -0.2) is 11.9 Å².